The van der Waals surface area contributed by atoms with E-state index in [0.29, 0.717) is 32.1 Å². The number of hydrogen-bond donors (Lipinski definition) is 3. The number of benzene rings is 1. The van der Waals surface area contributed by atoms with Gasteiger partial charge in [-0.1, -0.05) is 30.3 Å². The van der Waals surface area contributed by atoms with E-state index in [1.54, 1.807) is 6.26 Å². The second-order valence-corrected chi connectivity index (χ2v) is 7.00. The fourth-order valence-corrected chi connectivity index (χ4v) is 2.47. The summed E-state index contributed by atoms with van der Waals surface area (Å²) in [6, 6.07) is 13.9. The maximum absolute atomic E-state index is 12.2. The number of nitrogens with zero attached hydrogens (tertiary/aromatic N) is 1. The molecule has 0 unspecified atom stereocenters. The van der Waals surface area contributed by atoms with Crippen LogP contribution in [-0.2, 0) is 17.8 Å². The molecule has 0 fully saturated rings. The van der Waals surface area contributed by atoms with Gasteiger partial charge in [0.1, 0.15) is 5.76 Å². The molecule has 0 aliphatic carbocycles. The highest BCUT2D eigenvalue weighted by Crippen LogP contribution is 2.13. The van der Waals surface area contributed by atoms with Crippen LogP contribution in [0, 0.1) is 5.41 Å². The van der Waals surface area contributed by atoms with Gasteiger partial charge in [0.05, 0.1) is 18.2 Å². The van der Waals surface area contributed by atoms with Crippen molar-refractivity contribution in [2.24, 2.45) is 10.4 Å². The zero-order chi connectivity index (χ0) is 19.5. The molecule has 146 valence electrons. The molecule has 2 rings (SSSR count). The maximum atomic E-state index is 12.2. The predicted octanol–water partition coefficient (Wildman–Crippen LogP) is 2.72. The van der Waals surface area contributed by atoms with E-state index in [-0.39, 0.29) is 5.91 Å². The summed E-state index contributed by atoms with van der Waals surface area (Å²) in [4.78, 5) is 16.9. The Balaban J connectivity index is 1.96. The lowest BCUT2D eigenvalue weighted by Crippen LogP contribution is -2.48. The highest BCUT2D eigenvalue weighted by atomic mass is 16.3. The molecule has 3 N–H and O–H groups in total. The summed E-state index contributed by atoms with van der Waals surface area (Å²) < 4.78 is 5.36. The summed E-state index contributed by atoms with van der Waals surface area (Å²) in [6.45, 7) is 8.13. The van der Waals surface area contributed by atoms with Gasteiger partial charge in [-0.05, 0) is 38.5 Å². The second-order valence-electron chi connectivity index (χ2n) is 7.00. The smallest absolute Gasteiger partial charge is 0.227 e. The van der Waals surface area contributed by atoms with Crippen LogP contribution in [0.1, 0.15) is 32.1 Å². The van der Waals surface area contributed by atoms with Crippen LogP contribution in [0.4, 0.5) is 0 Å². The monoisotopic (exact) mass is 370 g/mol. The number of furan rings is 1. The first-order valence-corrected chi connectivity index (χ1v) is 9.38. The van der Waals surface area contributed by atoms with Gasteiger partial charge in [-0.2, -0.15) is 0 Å². The van der Waals surface area contributed by atoms with Crippen LogP contribution in [0.2, 0.25) is 0 Å². The van der Waals surface area contributed by atoms with Crippen molar-refractivity contribution in [3.63, 3.8) is 0 Å². The SMILES string of the molecule is CCNC(=O)C(C)(C)CNC(=NCc1ccccc1)NCCc1ccco1. The van der Waals surface area contributed by atoms with Crippen molar-refractivity contribution in [3.05, 3.63) is 60.1 Å². The second kappa shape index (κ2) is 10.4. The molecular formula is C21H30N4O2. The minimum atomic E-state index is -0.535. The summed E-state index contributed by atoms with van der Waals surface area (Å²) in [5.74, 6) is 1.63. The summed E-state index contributed by atoms with van der Waals surface area (Å²) in [6.07, 6.45) is 2.44. The van der Waals surface area contributed by atoms with Crippen LogP contribution in [0.3, 0.4) is 0 Å². The summed E-state index contributed by atoms with van der Waals surface area (Å²) >= 11 is 0. The fourth-order valence-electron chi connectivity index (χ4n) is 2.47. The van der Waals surface area contributed by atoms with Crippen molar-refractivity contribution in [2.75, 3.05) is 19.6 Å². The van der Waals surface area contributed by atoms with Gasteiger partial charge in [0.15, 0.2) is 5.96 Å². The third kappa shape index (κ3) is 7.17. The quantitative estimate of drug-likeness (QED) is 0.468. The zero-order valence-corrected chi connectivity index (χ0v) is 16.4. The largest absolute Gasteiger partial charge is 0.469 e. The minimum Gasteiger partial charge on any atom is -0.469 e. The van der Waals surface area contributed by atoms with Crippen LogP contribution in [-0.4, -0.2) is 31.5 Å². The predicted molar refractivity (Wildman–Crippen MR) is 108 cm³/mol. The van der Waals surface area contributed by atoms with E-state index in [2.05, 4.69) is 20.9 Å². The van der Waals surface area contributed by atoms with E-state index in [9.17, 15) is 4.79 Å². The number of guanidine groups is 1. The standard InChI is InChI=1S/C21H30N4O2/c1-4-22-19(26)21(2,3)16-25-20(23-13-12-18-11-8-14-27-18)24-15-17-9-6-5-7-10-17/h5-11,14H,4,12-13,15-16H2,1-3H3,(H,22,26)(H2,23,24,25). The lowest BCUT2D eigenvalue weighted by molar-refractivity contribution is -0.128. The van der Waals surface area contributed by atoms with Crippen molar-refractivity contribution >= 4 is 11.9 Å². The van der Waals surface area contributed by atoms with Gasteiger partial charge in [-0.25, -0.2) is 4.99 Å². The first kappa shape index (κ1) is 20.6. The molecule has 27 heavy (non-hydrogen) atoms. The molecule has 0 saturated carbocycles. The topological polar surface area (TPSA) is 78.7 Å². The van der Waals surface area contributed by atoms with Gasteiger partial charge in [-0.15, -0.1) is 0 Å². The van der Waals surface area contributed by atoms with Gasteiger partial charge < -0.3 is 20.4 Å². The third-order valence-corrected chi connectivity index (χ3v) is 4.16. The Hall–Kier alpha value is -2.76. The van der Waals surface area contributed by atoms with E-state index < -0.39 is 5.41 Å². The van der Waals surface area contributed by atoms with Gasteiger partial charge in [-0.3, -0.25) is 4.79 Å². The number of nitrogens with one attached hydrogen (secondary N) is 3. The number of carbonyl (C=O) groups is 1. The molecule has 2 aromatic rings. The maximum Gasteiger partial charge on any atom is 0.227 e. The summed E-state index contributed by atoms with van der Waals surface area (Å²) in [5.41, 5.74) is 0.597. The molecule has 1 aromatic carbocycles. The van der Waals surface area contributed by atoms with Crippen LogP contribution >= 0.6 is 0 Å². The molecule has 1 amide bonds. The highest BCUT2D eigenvalue weighted by Gasteiger charge is 2.27. The number of amides is 1. The molecule has 1 heterocycles. The molecule has 0 aliphatic rings. The number of rotatable bonds is 9. The Labute approximate surface area is 161 Å². The molecule has 6 nitrogen and oxygen atoms in total. The molecule has 0 aliphatic heterocycles. The van der Waals surface area contributed by atoms with E-state index in [1.807, 2.05) is 63.2 Å². The number of hydrogen-bond acceptors (Lipinski definition) is 3. The lowest BCUT2D eigenvalue weighted by atomic mass is 9.92. The number of carbonyl (C=O) groups excluding carboxylic acids is 1. The van der Waals surface area contributed by atoms with E-state index in [0.717, 1.165) is 17.7 Å². The van der Waals surface area contributed by atoms with E-state index >= 15 is 0 Å². The van der Waals surface area contributed by atoms with Gasteiger partial charge in [0.25, 0.3) is 0 Å². The molecule has 0 spiro atoms. The molecular weight excluding hydrogens is 340 g/mol. The first-order valence-electron chi connectivity index (χ1n) is 9.38. The van der Waals surface area contributed by atoms with E-state index in [1.165, 1.54) is 0 Å². The Bertz CT molecular complexity index is 709. The Morgan fingerprint density at radius 2 is 1.85 bits per heavy atom. The minimum absolute atomic E-state index is 0.0236. The van der Waals surface area contributed by atoms with Crippen molar-refractivity contribution in [2.45, 2.75) is 33.7 Å². The molecule has 0 radical (unpaired) electrons. The third-order valence-electron chi connectivity index (χ3n) is 4.16. The summed E-state index contributed by atoms with van der Waals surface area (Å²) in [5, 5.41) is 9.49. The lowest BCUT2D eigenvalue weighted by Gasteiger charge is -2.25. The van der Waals surface area contributed by atoms with Crippen molar-refractivity contribution in [3.8, 4) is 0 Å². The van der Waals surface area contributed by atoms with Crippen LogP contribution in [0.25, 0.3) is 0 Å². The van der Waals surface area contributed by atoms with E-state index in [4.69, 9.17) is 4.42 Å². The van der Waals surface area contributed by atoms with Gasteiger partial charge in [0.2, 0.25) is 5.91 Å². The highest BCUT2D eigenvalue weighted by molar-refractivity contribution is 5.84. The van der Waals surface area contributed by atoms with Crippen molar-refractivity contribution < 1.29 is 9.21 Å². The Morgan fingerprint density at radius 3 is 2.52 bits per heavy atom. The van der Waals surface area contributed by atoms with Gasteiger partial charge in [0, 0.05) is 26.1 Å². The van der Waals surface area contributed by atoms with Crippen molar-refractivity contribution in [1.29, 1.82) is 0 Å². The molecule has 6 heteroatoms. The van der Waals surface area contributed by atoms with Crippen LogP contribution in [0.15, 0.2) is 58.1 Å². The Morgan fingerprint density at radius 1 is 1.07 bits per heavy atom. The Kier molecular flexibility index (Phi) is 7.92. The first-order chi connectivity index (χ1) is 13.0. The number of aliphatic imine (C=N–C) groups is 1. The molecule has 0 saturated heterocycles. The fraction of sp³-hybridized carbons (Fsp3) is 0.429. The van der Waals surface area contributed by atoms with Gasteiger partial charge >= 0.3 is 0 Å². The normalized spacial score (nSPS) is 11.9. The van der Waals surface area contributed by atoms with Crippen molar-refractivity contribution in [1.82, 2.24) is 16.0 Å². The van der Waals surface area contributed by atoms with Crippen LogP contribution in [0.5, 0.6) is 0 Å². The zero-order valence-electron chi connectivity index (χ0n) is 16.4. The average molecular weight is 370 g/mol. The summed E-state index contributed by atoms with van der Waals surface area (Å²) in [7, 11) is 0. The molecule has 0 bridgehead atoms. The molecule has 0 atom stereocenters. The van der Waals surface area contributed by atoms with Crippen LogP contribution < -0.4 is 16.0 Å². The average Bonchev–Trinajstić information content (AvgIpc) is 3.18. The molecule has 1 aromatic heterocycles.